The van der Waals surface area contributed by atoms with Crippen molar-refractivity contribution in [1.82, 2.24) is 10.3 Å². The molecule has 0 amide bonds. The smallest absolute Gasteiger partial charge is 0.128 e. The number of aryl methyl sites for hydroxylation is 1. The lowest BCUT2D eigenvalue weighted by molar-refractivity contribution is 0.375. The molecule has 3 rings (SSSR count). The van der Waals surface area contributed by atoms with Gasteiger partial charge in [-0.3, -0.25) is 0 Å². The lowest BCUT2D eigenvalue weighted by Crippen LogP contribution is -2.39. The van der Waals surface area contributed by atoms with E-state index in [0.717, 1.165) is 12.0 Å². The molecule has 1 aliphatic heterocycles. The number of anilines is 1. The summed E-state index contributed by atoms with van der Waals surface area (Å²) in [5, 5.41) is 3.51. The average molecular weight is 245 g/mol. The average Bonchev–Trinajstić information content (AvgIpc) is 3.23. The summed E-state index contributed by atoms with van der Waals surface area (Å²) in [6.07, 6.45) is 7.36. The predicted octanol–water partition coefficient (Wildman–Crippen LogP) is 2.36. The summed E-state index contributed by atoms with van der Waals surface area (Å²) in [6, 6.07) is 5.11. The quantitative estimate of drug-likeness (QED) is 0.882. The molecule has 1 aromatic rings. The molecule has 1 N–H and O–H groups in total. The summed E-state index contributed by atoms with van der Waals surface area (Å²) >= 11 is 0. The third-order valence-electron chi connectivity index (χ3n) is 4.03. The molecule has 1 unspecified atom stereocenters. The Labute approximate surface area is 110 Å². The number of hydrogen-bond acceptors (Lipinski definition) is 3. The minimum atomic E-state index is 0.752. The second kappa shape index (κ2) is 5.27. The van der Waals surface area contributed by atoms with Crippen LogP contribution in [0.3, 0.4) is 0 Å². The molecule has 1 saturated heterocycles. The van der Waals surface area contributed by atoms with Crippen LogP contribution >= 0.6 is 0 Å². The summed E-state index contributed by atoms with van der Waals surface area (Å²) in [5.41, 5.74) is 1.24. The molecule has 98 valence electrons. The second-order valence-electron chi connectivity index (χ2n) is 5.79. The zero-order valence-corrected chi connectivity index (χ0v) is 11.2. The van der Waals surface area contributed by atoms with Gasteiger partial charge in [0.05, 0.1) is 0 Å². The van der Waals surface area contributed by atoms with Crippen molar-refractivity contribution < 1.29 is 0 Å². The predicted molar refractivity (Wildman–Crippen MR) is 74.9 cm³/mol. The fourth-order valence-electron chi connectivity index (χ4n) is 2.80. The van der Waals surface area contributed by atoms with Gasteiger partial charge in [0.15, 0.2) is 0 Å². The molecule has 0 bridgehead atoms. The molecular weight excluding hydrogens is 222 g/mol. The second-order valence-corrected chi connectivity index (χ2v) is 5.79. The molecule has 1 aliphatic carbocycles. The number of pyridine rings is 1. The number of aromatic nitrogens is 1. The first-order valence-electron chi connectivity index (χ1n) is 7.23. The van der Waals surface area contributed by atoms with Crippen LogP contribution < -0.4 is 10.2 Å². The molecule has 1 atom stereocenters. The first-order valence-corrected chi connectivity index (χ1v) is 7.23. The highest BCUT2D eigenvalue weighted by Crippen LogP contribution is 2.32. The highest BCUT2D eigenvalue weighted by atomic mass is 15.2. The van der Waals surface area contributed by atoms with Crippen molar-refractivity contribution in [2.45, 2.75) is 38.6 Å². The maximum Gasteiger partial charge on any atom is 0.128 e. The van der Waals surface area contributed by atoms with Crippen molar-refractivity contribution in [2.24, 2.45) is 5.92 Å². The molecule has 3 nitrogen and oxygen atoms in total. The largest absolute Gasteiger partial charge is 0.353 e. The normalized spacial score (nSPS) is 23.9. The van der Waals surface area contributed by atoms with E-state index >= 15 is 0 Å². The van der Waals surface area contributed by atoms with Crippen molar-refractivity contribution in [3.05, 3.63) is 23.9 Å². The van der Waals surface area contributed by atoms with Crippen LogP contribution in [-0.2, 0) is 0 Å². The summed E-state index contributed by atoms with van der Waals surface area (Å²) in [6.45, 7) is 5.65. The van der Waals surface area contributed by atoms with E-state index in [1.807, 2.05) is 6.20 Å². The zero-order valence-electron chi connectivity index (χ0n) is 11.2. The number of nitrogens with zero attached hydrogens (tertiary/aromatic N) is 2. The molecule has 0 radical (unpaired) electrons. The molecule has 0 spiro atoms. The van der Waals surface area contributed by atoms with Gasteiger partial charge in [-0.2, -0.15) is 0 Å². The maximum absolute atomic E-state index is 4.61. The fraction of sp³-hybridized carbons (Fsp3) is 0.667. The number of rotatable bonds is 4. The SMILES string of the molecule is Cc1ccc(N(CC2CCCNC2)C2CC2)nc1. The van der Waals surface area contributed by atoms with Crippen LogP contribution in [0.4, 0.5) is 5.82 Å². The van der Waals surface area contributed by atoms with Gasteiger partial charge >= 0.3 is 0 Å². The van der Waals surface area contributed by atoms with Gasteiger partial charge in [-0.1, -0.05) is 6.07 Å². The first-order chi connectivity index (χ1) is 8.83. The molecule has 2 aliphatic rings. The Bertz CT molecular complexity index is 377. The zero-order chi connectivity index (χ0) is 12.4. The molecule has 3 heteroatoms. The van der Waals surface area contributed by atoms with Crippen molar-refractivity contribution in [3.8, 4) is 0 Å². The van der Waals surface area contributed by atoms with E-state index in [4.69, 9.17) is 0 Å². The highest BCUT2D eigenvalue weighted by molar-refractivity contribution is 5.42. The van der Waals surface area contributed by atoms with Crippen molar-refractivity contribution in [2.75, 3.05) is 24.5 Å². The molecule has 1 saturated carbocycles. The summed E-state index contributed by atoms with van der Waals surface area (Å²) in [4.78, 5) is 7.15. The van der Waals surface area contributed by atoms with Crippen molar-refractivity contribution in [1.29, 1.82) is 0 Å². The number of piperidine rings is 1. The van der Waals surface area contributed by atoms with Gasteiger partial charge in [-0.15, -0.1) is 0 Å². The van der Waals surface area contributed by atoms with E-state index in [2.05, 4.69) is 34.3 Å². The Hall–Kier alpha value is -1.09. The summed E-state index contributed by atoms with van der Waals surface area (Å²) in [5.74, 6) is 1.97. The molecule has 18 heavy (non-hydrogen) atoms. The van der Waals surface area contributed by atoms with E-state index in [1.54, 1.807) is 0 Å². The van der Waals surface area contributed by atoms with Crippen LogP contribution in [0.5, 0.6) is 0 Å². The van der Waals surface area contributed by atoms with Crippen LogP contribution in [0.25, 0.3) is 0 Å². The van der Waals surface area contributed by atoms with Gasteiger partial charge in [-0.05, 0) is 63.2 Å². The topological polar surface area (TPSA) is 28.2 Å². The van der Waals surface area contributed by atoms with E-state index in [9.17, 15) is 0 Å². The van der Waals surface area contributed by atoms with Gasteiger partial charge in [0.25, 0.3) is 0 Å². The van der Waals surface area contributed by atoms with Crippen molar-refractivity contribution >= 4 is 5.82 Å². The molecule has 0 aromatic carbocycles. The summed E-state index contributed by atoms with van der Waals surface area (Å²) in [7, 11) is 0. The number of hydrogen-bond donors (Lipinski definition) is 1. The van der Waals surface area contributed by atoms with Crippen LogP contribution in [0, 0.1) is 12.8 Å². The van der Waals surface area contributed by atoms with Crippen LogP contribution in [0.1, 0.15) is 31.2 Å². The lowest BCUT2D eigenvalue weighted by atomic mass is 9.99. The Morgan fingerprint density at radius 2 is 2.22 bits per heavy atom. The van der Waals surface area contributed by atoms with Gasteiger partial charge in [0.2, 0.25) is 0 Å². The Morgan fingerprint density at radius 3 is 2.83 bits per heavy atom. The minimum Gasteiger partial charge on any atom is -0.353 e. The molecule has 1 aromatic heterocycles. The molecule has 2 heterocycles. The first kappa shape index (κ1) is 12.0. The maximum atomic E-state index is 4.61. The van der Waals surface area contributed by atoms with E-state index in [-0.39, 0.29) is 0 Å². The van der Waals surface area contributed by atoms with Gasteiger partial charge in [0.1, 0.15) is 5.82 Å². The third-order valence-corrected chi connectivity index (χ3v) is 4.03. The van der Waals surface area contributed by atoms with Crippen LogP contribution in [0.15, 0.2) is 18.3 Å². The molecular formula is C15H23N3. The fourth-order valence-corrected chi connectivity index (χ4v) is 2.80. The van der Waals surface area contributed by atoms with Crippen molar-refractivity contribution in [3.63, 3.8) is 0 Å². The third kappa shape index (κ3) is 2.83. The van der Waals surface area contributed by atoms with Gasteiger partial charge < -0.3 is 10.2 Å². The Morgan fingerprint density at radius 1 is 1.33 bits per heavy atom. The Kier molecular flexibility index (Phi) is 3.50. The van der Waals surface area contributed by atoms with E-state index in [1.165, 1.54) is 56.7 Å². The lowest BCUT2D eigenvalue weighted by Gasteiger charge is -2.31. The van der Waals surface area contributed by atoms with E-state index < -0.39 is 0 Å². The van der Waals surface area contributed by atoms with Crippen LogP contribution in [-0.4, -0.2) is 30.7 Å². The van der Waals surface area contributed by atoms with E-state index in [0.29, 0.717) is 0 Å². The standard InChI is InChI=1S/C15H23N3/c1-12-4-7-15(17-9-12)18(14-5-6-14)11-13-3-2-8-16-10-13/h4,7,9,13-14,16H,2-3,5-6,8,10-11H2,1H3. The monoisotopic (exact) mass is 245 g/mol. The highest BCUT2D eigenvalue weighted by Gasteiger charge is 2.31. The molecule has 2 fully saturated rings. The van der Waals surface area contributed by atoms with Gasteiger partial charge in [0, 0.05) is 18.8 Å². The summed E-state index contributed by atoms with van der Waals surface area (Å²) < 4.78 is 0. The van der Waals surface area contributed by atoms with Crippen LogP contribution in [0.2, 0.25) is 0 Å². The minimum absolute atomic E-state index is 0.752. The Balaban J connectivity index is 1.69. The van der Waals surface area contributed by atoms with Gasteiger partial charge in [-0.25, -0.2) is 4.98 Å². The number of nitrogens with one attached hydrogen (secondary N) is 1.